The van der Waals surface area contributed by atoms with Crippen molar-refractivity contribution in [2.24, 2.45) is 5.92 Å². The van der Waals surface area contributed by atoms with E-state index in [9.17, 15) is 4.79 Å². The summed E-state index contributed by atoms with van der Waals surface area (Å²) in [5.74, 6) is 0.0543. The van der Waals surface area contributed by atoms with E-state index >= 15 is 0 Å². The molecule has 0 saturated carbocycles. The smallest absolute Gasteiger partial charge is 0.310 e. The fourth-order valence-electron chi connectivity index (χ4n) is 2.51. The van der Waals surface area contributed by atoms with Crippen molar-refractivity contribution in [3.63, 3.8) is 0 Å². The van der Waals surface area contributed by atoms with Crippen LogP contribution in [-0.2, 0) is 9.53 Å². The van der Waals surface area contributed by atoms with E-state index in [4.69, 9.17) is 9.84 Å². The molecule has 0 aromatic rings. The lowest BCUT2D eigenvalue weighted by Crippen LogP contribution is -2.39. The lowest BCUT2D eigenvalue weighted by molar-refractivity contribution is -0.149. The fourth-order valence-corrected chi connectivity index (χ4v) is 2.51. The third-order valence-electron chi connectivity index (χ3n) is 3.51. The first-order chi connectivity index (χ1) is 8.77. The standard InChI is InChI=1S/C14H27NO3/c1-2-18-14(17)13-8-7-10-15(12-13)9-5-3-4-6-11-16/h13,16H,2-12H2,1H3. The van der Waals surface area contributed by atoms with Crippen molar-refractivity contribution >= 4 is 5.97 Å². The first-order valence-corrected chi connectivity index (χ1v) is 7.27. The van der Waals surface area contributed by atoms with Crippen LogP contribution in [0.4, 0.5) is 0 Å². The topological polar surface area (TPSA) is 49.8 Å². The molecule has 4 nitrogen and oxygen atoms in total. The number of rotatable bonds is 8. The lowest BCUT2D eigenvalue weighted by atomic mass is 9.98. The number of ether oxygens (including phenoxy) is 1. The number of carbonyl (C=O) groups is 1. The third-order valence-corrected chi connectivity index (χ3v) is 3.51. The van der Waals surface area contributed by atoms with Crippen LogP contribution in [0.1, 0.15) is 45.4 Å². The van der Waals surface area contributed by atoms with E-state index in [1.165, 1.54) is 6.42 Å². The van der Waals surface area contributed by atoms with Crippen LogP contribution in [-0.4, -0.2) is 48.8 Å². The molecule has 1 rings (SSSR count). The number of hydrogen-bond donors (Lipinski definition) is 1. The van der Waals surface area contributed by atoms with Gasteiger partial charge in [0.2, 0.25) is 0 Å². The second kappa shape index (κ2) is 9.34. The van der Waals surface area contributed by atoms with Gasteiger partial charge in [-0.15, -0.1) is 0 Å². The Hall–Kier alpha value is -0.610. The van der Waals surface area contributed by atoms with Crippen LogP contribution in [0.15, 0.2) is 0 Å². The number of hydrogen-bond acceptors (Lipinski definition) is 4. The highest BCUT2D eigenvalue weighted by Gasteiger charge is 2.26. The molecule has 0 bridgehead atoms. The number of esters is 1. The monoisotopic (exact) mass is 257 g/mol. The quantitative estimate of drug-likeness (QED) is 0.532. The zero-order chi connectivity index (χ0) is 13.2. The minimum atomic E-state index is -0.0255. The van der Waals surface area contributed by atoms with Gasteiger partial charge < -0.3 is 14.7 Å². The van der Waals surface area contributed by atoms with Crippen LogP contribution in [0.3, 0.4) is 0 Å². The highest BCUT2D eigenvalue weighted by atomic mass is 16.5. The Morgan fingerprint density at radius 2 is 2.11 bits per heavy atom. The molecule has 4 heteroatoms. The molecule has 1 N–H and O–H groups in total. The van der Waals surface area contributed by atoms with Crippen LogP contribution in [0.2, 0.25) is 0 Å². The number of piperidine rings is 1. The van der Waals surface area contributed by atoms with Gasteiger partial charge in [0.25, 0.3) is 0 Å². The molecule has 0 radical (unpaired) electrons. The van der Waals surface area contributed by atoms with Gasteiger partial charge in [-0.3, -0.25) is 4.79 Å². The molecule has 0 aromatic heterocycles. The number of nitrogens with zero attached hydrogens (tertiary/aromatic N) is 1. The van der Waals surface area contributed by atoms with Crippen molar-refractivity contribution in [2.75, 3.05) is 32.8 Å². The van der Waals surface area contributed by atoms with E-state index < -0.39 is 0 Å². The fraction of sp³-hybridized carbons (Fsp3) is 0.929. The van der Waals surface area contributed by atoms with Crippen LogP contribution in [0, 0.1) is 5.92 Å². The van der Waals surface area contributed by atoms with Crippen LogP contribution in [0.5, 0.6) is 0 Å². The molecule has 0 aliphatic carbocycles. The normalized spacial score (nSPS) is 20.9. The van der Waals surface area contributed by atoms with Crippen LogP contribution < -0.4 is 0 Å². The van der Waals surface area contributed by atoms with Gasteiger partial charge in [-0.1, -0.05) is 12.8 Å². The van der Waals surface area contributed by atoms with E-state index in [2.05, 4.69) is 4.90 Å². The average Bonchev–Trinajstić information content (AvgIpc) is 2.39. The summed E-state index contributed by atoms with van der Waals surface area (Å²) in [7, 11) is 0. The first kappa shape index (κ1) is 15.4. The Kier molecular flexibility index (Phi) is 8.01. The summed E-state index contributed by atoms with van der Waals surface area (Å²) in [6, 6.07) is 0. The van der Waals surface area contributed by atoms with Crippen LogP contribution in [0.25, 0.3) is 0 Å². The average molecular weight is 257 g/mol. The number of carbonyl (C=O) groups excluding carboxylic acids is 1. The summed E-state index contributed by atoms with van der Waals surface area (Å²) in [5, 5.41) is 8.70. The van der Waals surface area contributed by atoms with Crippen molar-refractivity contribution in [1.29, 1.82) is 0 Å². The summed E-state index contributed by atoms with van der Waals surface area (Å²) >= 11 is 0. The van der Waals surface area contributed by atoms with Crippen molar-refractivity contribution in [3.8, 4) is 0 Å². The SMILES string of the molecule is CCOC(=O)C1CCCN(CCCCCCO)C1. The third kappa shape index (κ3) is 5.83. The Labute approximate surface area is 110 Å². The van der Waals surface area contributed by atoms with Gasteiger partial charge in [0.05, 0.1) is 12.5 Å². The molecule has 0 spiro atoms. The van der Waals surface area contributed by atoms with Gasteiger partial charge in [-0.2, -0.15) is 0 Å². The minimum absolute atomic E-state index is 0.0255. The summed E-state index contributed by atoms with van der Waals surface area (Å²) in [6.45, 7) is 5.68. The number of unbranched alkanes of at least 4 members (excludes halogenated alkanes) is 3. The van der Waals surface area contributed by atoms with E-state index in [1.807, 2.05) is 6.92 Å². The van der Waals surface area contributed by atoms with Gasteiger partial charge >= 0.3 is 5.97 Å². The molecule has 1 saturated heterocycles. The zero-order valence-electron chi connectivity index (χ0n) is 11.6. The van der Waals surface area contributed by atoms with Crippen molar-refractivity contribution in [2.45, 2.75) is 45.4 Å². The Bertz CT molecular complexity index is 233. The molecular formula is C14H27NO3. The number of aliphatic hydroxyl groups excluding tert-OH is 1. The van der Waals surface area contributed by atoms with Crippen molar-refractivity contribution in [1.82, 2.24) is 4.90 Å². The molecule has 18 heavy (non-hydrogen) atoms. The summed E-state index contributed by atoms with van der Waals surface area (Å²) in [6.07, 6.45) is 6.41. The van der Waals surface area contributed by atoms with E-state index in [1.54, 1.807) is 0 Å². The molecule has 0 aromatic carbocycles. The molecule has 106 valence electrons. The molecule has 0 amide bonds. The van der Waals surface area contributed by atoms with Gasteiger partial charge in [-0.25, -0.2) is 0 Å². The predicted octanol–water partition coefficient (Wildman–Crippen LogP) is 1.81. The molecule has 1 atom stereocenters. The second-order valence-electron chi connectivity index (χ2n) is 5.03. The van der Waals surface area contributed by atoms with E-state index in [0.717, 1.165) is 51.7 Å². The minimum Gasteiger partial charge on any atom is -0.466 e. The van der Waals surface area contributed by atoms with Gasteiger partial charge in [0.1, 0.15) is 0 Å². The summed E-state index contributed by atoms with van der Waals surface area (Å²) < 4.78 is 5.09. The molecule has 1 unspecified atom stereocenters. The summed E-state index contributed by atoms with van der Waals surface area (Å²) in [5.41, 5.74) is 0. The Morgan fingerprint density at radius 1 is 1.33 bits per heavy atom. The second-order valence-corrected chi connectivity index (χ2v) is 5.03. The van der Waals surface area contributed by atoms with Crippen molar-refractivity contribution in [3.05, 3.63) is 0 Å². The van der Waals surface area contributed by atoms with E-state index in [0.29, 0.717) is 13.2 Å². The maximum Gasteiger partial charge on any atom is 0.310 e. The maximum absolute atomic E-state index is 11.7. The molecule has 1 heterocycles. The highest BCUT2D eigenvalue weighted by Crippen LogP contribution is 2.18. The predicted molar refractivity (Wildman–Crippen MR) is 71.4 cm³/mol. The van der Waals surface area contributed by atoms with Gasteiger partial charge in [-0.05, 0) is 45.7 Å². The lowest BCUT2D eigenvalue weighted by Gasteiger charge is -2.31. The van der Waals surface area contributed by atoms with Gasteiger partial charge in [0.15, 0.2) is 0 Å². The number of likely N-dealkylation sites (tertiary alicyclic amines) is 1. The highest BCUT2D eigenvalue weighted by molar-refractivity contribution is 5.72. The summed E-state index contributed by atoms with van der Waals surface area (Å²) in [4.78, 5) is 14.1. The van der Waals surface area contributed by atoms with Gasteiger partial charge in [0, 0.05) is 13.2 Å². The van der Waals surface area contributed by atoms with E-state index in [-0.39, 0.29) is 11.9 Å². The largest absolute Gasteiger partial charge is 0.466 e. The Balaban J connectivity index is 2.16. The first-order valence-electron chi connectivity index (χ1n) is 7.27. The van der Waals surface area contributed by atoms with Crippen LogP contribution >= 0.6 is 0 Å². The van der Waals surface area contributed by atoms with Crippen molar-refractivity contribution < 1.29 is 14.6 Å². The Morgan fingerprint density at radius 3 is 2.83 bits per heavy atom. The number of aliphatic hydroxyl groups is 1. The zero-order valence-corrected chi connectivity index (χ0v) is 11.6. The molecule has 1 aliphatic rings. The molecule has 1 aliphatic heterocycles. The molecular weight excluding hydrogens is 230 g/mol. The molecule has 1 fully saturated rings. The maximum atomic E-state index is 11.7.